The zero-order chi connectivity index (χ0) is 28.5. The Bertz CT molecular complexity index is 1290. The predicted molar refractivity (Wildman–Crippen MR) is 156 cm³/mol. The quantitative estimate of drug-likeness (QED) is 0.339. The Morgan fingerprint density at radius 1 is 0.925 bits per heavy atom. The van der Waals surface area contributed by atoms with E-state index in [4.69, 9.17) is 9.47 Å². The largest absolute Gasteiger partial charge is 0.461 e. The number of likely N-dealkylation sites (tertiary alicyclic amines) is 1. The third-order valence-electron chi connectivity index (χ3n) is 7.23. The van der Waals surface area contributed by atoms with Crippen molar-refractivity contribution < 1.29 is 23.9 Å². The summed E-state index contributed by atoms with van der Waals surface area (Å²) >= 11 is 0. The standard InChI is InChI=1S/C33H40N2O5/c1-33(2,3)40-32(38)34-22-24-16-18-35(19-17-24)30(36)21-28(31(37)39-23-25-10-5-4-6-11-25)20-27-14-9-13-26-12-7-8-15-29(26)27/h4-15,24,28H,16-23H2,1-3H3,(H,34,38)/t28-/m1/s1. The Hall–Kier alpha value is -3.87. The Balaban J connectivity index is 1.37. The van der Waals surface area contributed by atoms with Gasteiger partial charge in [0.1, 0.15) is 12.2 Å². The van der Waals surface area contributed by atoms with Crippen molar-refractivity contribution in [3.8, 4) is 0 Å². The molecule has 0 radical (unpaired) electrons. The van der Waals surface area contributed by atoms with Gasteiger partial charge in [-0.1, -0.05) is 72.8 Å². The number of alkyl carbamates (subject to hydrolysis) is 1. The maximum Gasteiger partial charge on any atom is 0.407 e. The molecule has 0 saturated carbocycles. The molecule has 40 heavy (non-hydrogen) atoms. The Labute approximate surface area is 236 Å². The van der Waals surface area contributed by atoms with Crippen molar-refractivity contribution in [2.24, 2.45) is 11.8 Å². The number of carbonyl (C=O) groups is 3. The molecule has 1 heterocycles. The van der Waals surface area contributed by atoms with E-state index in [0.29, 0.717) is 26.1 Å². The fourth-order valence-electron chi connectivity index (χ4n) is 5.09. The maximum absolute atomic E-state index is 13.4. The molecule has 2 amide bonds. The second kappa shape index (κ2) is 13.5. The topological polar surface area (TPSA) is 84.9 Å². The number of hydrogen-bond donors (Lipinski definition) is 1. The highest BCUT2D eigenvalue weighted by atomic mass is 16.6. The molecular formula is C33H40N2O5. The van der Waals surface area contributed by atoms with Gasteiger partial charge in [-0.25, -0.2) is 4.79 Å². The van der Waals surface area contributed by atoms with E-state index in [-0.39, 0.29) is 30.8 Å². The first-order valence-corrected chi connectivity index (χ1v) is 14.1. The second-order valence-electron chi connectivity index (χ2n) is 11.5. The lowest BCUT2D eigenvalue weighted by Gasteiger charge is -2.33. The predicted octanol–water partition coefficient (Wildman–Crippen LogP) is 5.90. The molecule has 0 bridgehead atoms. The summed E-state index contributed by atoms with van der Waals surface area (Å²) in [5, 5.41) is 5.03. The van der Waals surface area contributed by atoms with Crippen LogP contribution in [-0.4, -0.2) is 48.1 Å². The lowest BCUT2D eigenvalue weighted by molar-refractivity contribution is -0.153. The lowest BCUT2D eigenvalue weighted by atomic mass is 9.91. The molecule has 0 spiro atoms. The van der Waals surface area contributed by atoms with Gasteiger partial charge in [0.05, 0.1) is 5.92 Å². The first-order valence-electron chi connectivity index (χ1n) is 14.1. The van der Waals surface area contributed by atoms with E-state index >= 15 is 0 Å². The van der Waals surface area contributed by atoms with E-state index in [0.717, 1.165) is 34.7 Å². The summed E-state index contributed by atoms with van der Waals surface area (Å²) in [6, 6.07) is 23.7. The van der Waals surface area contributed by atoms with Gasteiger partial charge in [0.15, 0.2) is 0 Å². The normalized spacial score (nSPS) is 14.9. The molecule has 1 aliphatic heterocycles. The third kappa shape index (κ3) is 8.57. The van der Waals surface area contributed by atoms with Crippen molar-refractivity contribution in [2.45, 2.75) is 58.7 Å². The molecule has 7 nitrogen and oxygen atoms in total. The smallest absolute Gasteiger partial charge is 0.407 e. The van der Waals surface area contributed by atoms with E-state index in [2.05, 4.69) is 23.5 Å². The van der Waals surface area contributed by atoms with Crippen molar-refractivity contribution in [2.75, 3.05) is 19.6 Å². The summed E-state index contributed by atoms with van der Waals surface area (Å²) in [4.78, 5) is 40.6. The van der Waals surface area contributed by atoms with Gasteiger partial charge in [-0.2, -0.15) is 0 Å². The van der Waals surface area contributed by atoms with E-state index in [1.54, 1.807) is 0 Å². The van der Waals surface area contributed by atoms with Gasteiger partial charge in [0, 0.05) is 26.1 Å². The monoisotopic (exact) mass is 544 g/mol. The highest BCUT2D eigenvalue weighted by molar-refractivity contribution is 5.87. The molecule has 1 saturated heterocycles. The molecule has 1 fully saturated rings. The lowest BCUT2D eigenvalue weighted by Crippen LogP contribution is -2.43. The second-order valence-corrected chi connectivity index (χ2v) is 11.5. The highest BCUT2D eigenvalue weighted by Crippen LogP contribution is 2.25. The van der Waals surface area contributed by atoms with Crippen LogP contribution in [0.4, 0.5) is 4.79 Å². The molecule has 1 atom stereocenters. The highest BCUT2D eigenvalue weighted by Gasteiger charge is 2.29. The SMILES string of the molecule is CC(C)(C)OC(=O)NCC1CCN(C(=O)C[C@@H](Cc2cccc3ccccc23)C(=O)OCc2ccccc2)CC1. The minimum atomic E-state index is -0.589. The Morgan fingerprint density at radius 3 is 2.33 bits per heavy atom. The van der Waals surface area contributed by atoms with Gasteiger partial charge < -0.3 is 19.7 Å². The van der Waals surface area contributed by atoms with Gasteiger partial charge in [-0.3, -0.25) is 9.59 Å². The van der Waals surface area contributed by atoms with E-state index in [1.807, 2.05) is 80.3 Å². The number of hydrogen-bond acceptors (Lipinski definition) is 5. The van der Waals surface area contributed by atoms with Crippen molar-refractivity contribution >= 4 is 28.7 Å². The summed E-state index contributed by atoms with van der Waals surface area (Å²) in [6.07, 6.45) is 1.67. The van der Waals surface area contributed by atoms with Crippen LogP contribution >= 0.6 is 0 Å². The molecule has 7 heteroatoms. The number of benzene rings is 3. The van der Waals surface area contributed by atoms with Crippen LogP contribution in [0.2, 0.25) is 0 Å². The average Bonchev–Trinajstić information content (AvgIpc) is 2.94. The summed E-state index contributed by atoms with van der Waals surface area (Å²) in [6.45, 7) is 7.40. The molecule has 212 valence electrons. The number of nitrogens with zero attached hydrogens (tertiary/aromatic N) is 1. The molecule has 3 aromatic carbocycles. The van der Waals surface area contributed by atoms with Crippen molar-refractivity contribution in [1.29, 1.82) is 0 Å². The number of rotatable bonds is 9. The number of amides is 2. The first kappa shape index (κ1) is 29.1. The minimum Gasteiger partial charge on any atom is -0.461 e. The van der Waals surface area contributed by atoms with Crippen LogP contribution in [-0.2, 0) is 32.1 Å². The molecule has 0 unspecified atom stereocenters. The minimum absolute atomic E-state index is 0.0413. The van der Waals surface area contributed by atoms with Crippen LogP contribution in [0.5, 0.6) is 0 Å². The van der Waals surface area contributed by atoms with Crippen molar-refractivity contribution in [1.82, 2.24) is 10.2 Å². The fraction of sp³-hybridized carbons (Fsp3) is 0.424. The van der Waals surface area contributed by atoms with Crippen molar-refractivity contribution in [3.05, 3.63) is 83.9 Å². The van der Waals surface area contributed by atoms with E-state index in [9.17, 15) is 14.4 Å². The van der Waals surface area contributed by atoms with Gasteiger partial charge in [0.25, 0.3) is 0 Å². The van der Waals surface area contributed by atoms with Crippen molar-refractivity contribution in [3.63, 3.8) is 0 Å². The Morgan fingerprint density at radius 2 is 1.60 bits per heavy atom. The van der Waals surface area contributed by atoms with Gasteiger partial charge in [0.2, 0.25) is 5.91 Å². The van der Waals surface area contributed by atoms with Gasteiger partial charge in [-0.15, -0.1) is 0 Å². The summed E-state index contributed by atoms with van der Waals surface area (Å²) in [5.74, 6) is -0.713. The van der Waals surface area contributed by atoms with E-state index in [1.165, 1.54) is 0 Å². The van der Waals surface area contributed by atoms with Crippen LogP contribution in [0.25, 0.3) is 10.8 Å². The maximum atomic E-state index is 13.4. The average molecular weight is 545 g/mol. The number of fused-ring (bicyclic) bond motifs is 1. The van der Waals surface area contributed by atoms with Gasteiger partial charge >= 0.3 is 12.1 Å². The number of esters is 1. The molecule has 0 aromatic heterocycles. The zero-order valence-electron chi connectivity index (χ0n) is 23.7. The fourth-order valence-corrected chi connectivity index (χ4v) is 5.09. The third-order valence-corrected chi connectivity index (χ3v) is 7.23. The van der Waals surface area contributed by atoms with Crippen LogP contribution in [0.3, 0.4) is 0 Å². The molecule has 4 rings (SSSR count). The summed E-state index contributed by atoms with van der Waals surface area (Å²) < 4.78 is 11.0. The van der Waals surface area contributed by atoms with Crippen LogP contribution < -0.4 is 5.32 Å². The molecule has 1 N–H and O–H groups in total. The molecule has 3 aromatic rings. The molecular weight excluding hydrogens is 504 g/mol. The van der Waals surface area contributed by atoms with Crippen LogP contribution in [0.15, 0.2) is 72.8 Å². The van der Waals surface area contributed by atoms with Gasteiger partial charge in [-0.05, 0) is 67.9 Å². The van der Waals surface area contributed by atoms with Crippen LogP contribution in [0, 0.1) is 11.8 Å². The Kier molecular flexibility index (Phi) is 9.80. The number of carbonyl (C=O) groups excluding carboxylic acids is 3. The number of ether oxygens (including phenoxy) is 2. The zero-order valence-corrected chi connectivity index (χ0v) is 23.7. The summed E-state index contributed by atoms with van der Waals surface area (Å²) in [5.41, 5.74) is 1.40. The first-order chi connectivity index (χ1) is 19.2. The number of piperidine rings is 1. The number of nitrogens with one attached hydrogen (secondary N) is 1. The van der Waals surface area contributed by atoms with E-state index < -0.39 is 17.6 Å². The van der Waals surface area contributed by atoms with Crippen LogP contribution in [0.1, 0.15) is 51.2 Å². The summed E-state index contributed by atoms with van der Waals surface area (Å²) in [7, 11) is 0. The molecule has 0 aliphatic carbocycles. The molecule has 1 aliphatic rings.